The monoisotopic (exact) mass is 254 g/mol. The van der Waals surface area contributed by atoms with Crippen LogP contribution in [0.1, 0.15) is 12.1 Å². The lowest BCUT2D eigenvalue weighted by molar-refractivity contribution is 0.817. The number of fused-ring (bicyclic) bond motifs is 1. The molecular formula is C12H12Cl2N2. The lowest BCUT2D eigenvalue weighted by atomic mass is 10.1. The Morgan fingerprint density at radius 3 is 2.75 bits per heavy atom. The highest BCUT2D eigenvalue weighted by Gasteiger charge is 2.06. The smallest absolute Gasteiger partial charge is 0.0500 e. The predicted molar refractivity (Wildman–Crippen MR) is 69.1 cm³/mol. The minimum absolute atomic E-state index is 0.638. The van der Waals surface area contributed by atoms with Gasteiger partial charge in [0.2, 0.25) is 0 Å². The lowest BCUT2D eigenvalue weighted by Gasteiger charge is -2.07. The maximum absolute atomic E-state index is 6.13. The van der Waals surface area contributed by atoms with Crippen molar-refractivity contribution in [3.63, 3.8) is 0 Å². The third kappa shape index (κ3) is 2.29. The maximum Gasteiger partial charge on any atom is 0.0500 e. The number of hydrogen-bond donors (Lipinski definition) is 1. The molecule has 0 spiro atoms. The summed E-state index contributed by atoms with van der Waals surface area (Å²) in [6.45, 7) is 0.659. The van der Waals surface area contributed by atoms with E-state index in [9.17, 15) is 0 Å². The molecule has 1 heterocycles. The summed E-state index contributed by atoms with van der Waals surface area (Å²) in [5.41, 5.74) is 6.51. The van der Waals surface area contributed by atoms with Crippen LogP contribution in [0.3, 0.4) is 0 Å². The van der Waals surface area contributed by atoms with Crippen molar-refractivity contribution < 1.29 is 0 Å². The van der Waals surface area contributed by atoms with Gasteiger partial charge < -0.3 is 5.73 Å². The van der Waals surface area contributed by atoms with Gasteiger partial charge in [-0.05, 0) is 37.6 Å². The first kappa shape index (κ1) is 11.6. The summed E-state index contributed by atoms with van der Waals surface area (Å²) in [5, 5.41) is 3.32. The van der Waals surface area contributed by atoms with E-state index in [2.05, 4.69) is 4.98 Å². The average molecular weight is 255 g/mol. The highest BCUT2D eigenvalue weighted by atomic mass is 35.5. The summed E-state index contributed by atoms with van der Waals surface area (Å²) in [6, 6.07) is 5.56. The van der Waals surface area contributed by atoms with Crippen LogP contribution in [-0.2, 0) is 6.42 Å². The Kier molecular flexibility index (Phi) is 3.64. The van der Waals surface area contributed by atoms with Gasteiger partial charge in [0.1, 0.15) is 0 Å². The third-order valence-electron chi connectivity index (χ3n) is 2.49. The lowest BCUT2D eigenvalue weighted by Crippen LogP contribution is -2.02. The Hall–Kier alpha value is -0.830. The molecule has 1 aromatic heterocycles. The van der Waals surface area contributed by atoms with Gasteiger partial charge in [0.15, 0.2) is 0 Å². The molecule has 2 N–H and O–H groups in total. The fourth-order valence-electron chi connectivity index (χ4n) is 1.73. The number of hydrogen-bond acceptors (Lipinski definition) is 2. The zero-order valence-electron chi connectivity index (χ0n) is 8.71. The molecule has 0 aliphatic rings. The van der Waals surface area contributed by atoms with E-state index in [1.807, 2.05) is 12.1 Å². The molecule has 0 aliphatic carbocycles. The Labute approximate surface area is 104 Å². The number of rotatable bonds is 3. The van der Waals surface area contributed by atoms with Gasteiger partial charge in [-0.2, -0.15) is 0 Å². The second kappa shape index (κ2) is 5.00. The standard InChI is InChI=1S/C12H12Cl2N2/c13-8-6-10-9(11(14)7-8)3-5-16-12(10)2-1-4-15/h3,5-7H,1-2,4,15H2. The Bertz CT molecular complexity index is 512. The van der Waals surface area contributed by atoms with Crippen LogP contribution in [0.2, 0.25) is 10.0 Å². The number of pyridine rings is 1. The second-order valence-electron chi connectivity index (χ2n) is 3.63. The van der Waals surface area contributed by atoms with Crippen LogP contribution in [-0.4, -0.2) is 11.5 Å². The van der Waals surface area contributed by atoms with Crippen LogP contribution in [0.4, 0.5) is 0 Å². The van der Waals surface area contributed by atoms with E-state index in [1.54, 1.807) is 12.3 Å². The molecule has 0 unspecified atom stereocenters. The van der Waals surface area contributed by atoms with Gasteiger partial charge in [0, 0.05) is 32.7 Å². The highest BCUT2D eigenvalue weighted by molar-refractivity contribution is 6.38. The van der Waals surface area contributed by atoms with Crippen molar-refractivity contribution in [3.8, 4) is 0 Å². The molecule has 1 aromatic carbocycles. The van der Waals surface area contributed by atoms with Crippen molar-refractivity contribution >= 4 is 34.0 Å². The fraction of sp³-hybridized carbons (Fsp3) is 0.250. The summed E-state index contributed by atoms with van der Waals surface area (Å²) < 4.78 is 0. The van der Waals surface area contributed by atoms with Gasteiger partial charge in [0.25, 0.3) is 0 Å². The molecule has 0 amide bonds. The first-order valence-electron chi connectivity index (χ1n) is 5.15. The van der Waals surface area contributed by atoms with Crippen molar-refractivity contribution in [1.82, 2.24) is 4.98 Å². The normalized spacial score (nSPS) is 10.9. The summed E-state index contributed by atoms with van der Waals surface area (Å²) in [4.78, 5) is 4.35. The molecular weight excluding hydrogens is 243 g/mol. The largest absolute Gasteiger partial charge is 0.330 e. The van der Waals surface area contributed by atoms with Crippen molar-refractivity contribution in [2.75, 3.05) is 6.54 Å². The van der Waals surface area contributed by atoms with Crippen LogP contribution < -0.4 is 5.73 Å². The average Bonchev–Trinajstić information content (AvgIpc) is 2.26. The van der Waals surface area contributed by atoms with E-state index < -0.39 is 0 Å². The van der Waals surface area contributed by atoms with E-state index in [1.165, 1.54) is 0 Å². The van der Waals surface area contributed by atoms with E-state index in [-0.39, 0.29) is 0 Å². The molecule has 0 saturated heterocycles. The van der Waals surface area contributed by atoms with Crippen LogP contribution in [0.25, 0.3) is 10.8 Å². The maximum atomic E-state index is 6.13. The fourth-order valence-corrected chi connectivity index (χ4v) is 2.29. The van der Waals surface area contributed by atoms with Crippen molar-refractivity contribution in [1.29, 1.82) is 0 Å². The number of aryl methyl sites for hydroxylation is 1. The molecule has 4 heteroatoms. The molecule has 16 heavy (non-hydrogen) atoms. The first-order chi connectivity index (χ1) is 7.72. The number of nitrogens with two attached hydrogens (primary N) is 1. The minimum Gasteiger partial charge on any atom is -0.330 e. The van der Waals surface area contributed by atoms with E-state index in [4.69, 9.17) is 28.9 Å². The van der Waals surface area contributed by atoms with Crippen LogP contribution in [0.5, 0.6) is 0 Å². The molecule has 2 rings (SSSR count). The first-order valence-corrected chi connectivity index (χ1v) is 5.90. The molecule has 0 saturated carbocycles. The third-order valence-corrected chi connectivity index (χ3v) is 3.03. The van der Waals surface area contributed by atoms with Crippen LogP contribution >= 0.6 is 23.2 Å². The predicted octanol–water partition coefficient (Wildman–Crippen LogP) is 3.43. The summed E-state index contributed by atoms with van der Waals surface area (Å²) >= 11 is 12.1. The van der Waals surface area contributed by atoms with E-state index in [0.717, 1.165) is 29.3 Å². The summed E-state index contributed by atoms with van der Waals surface area (Å²) in [5.74, 6) is 0. The van der Waals surface area contributed by atoms with Crippen molar-refractivity contribution in [3.05, 3.63) is 40.1 Å². The highest BCUT2D eigenvalue weighted by Crippen LogP contribution is 2.29. The summed E-state index contributed by atoms with van der Waals surface area (Å²) in [6.07, 6.45) is 3.54. The zero-order valence-corrected chi connectivity index (χ0v) is 10.2. The number of nitrogens with zero attached hydrogens (tertiary/aromatic N) is 1. The number of aromatic nitrogens is 1. The Balaban J connectivity index is 2.57. The van der Waals surface area contributed by atoms with E-state index >= 15 is 0 Å². The Morgan fingerprint density at radius 2 is 2.00 bits per heavy atom. The molecule has 0 bridgehead atoms. The van der Waals surface area contributed by atoms with Crippen LogP contribution in [0, 0.1) is 0 Å². The molecule has 0 aliphatic heterocycles. The Morgan fingerprint density at radius 1 is 1.19 bits per heavy atom. The number of benzene rings is 1. The minimum atomic E-state index is 0.638. The van der Waals surface area contributed by atoms with Crippen molar-refractivity contribution in [2.45, 2.75) is 12.8 Å². The molecule has 84 valence electrons. The van der Waals surface area contributed by atoms with Gasteiger partial charge in [-0.25, -0.2) is 0 Å². The summed E-state index contributed by atoms with van der Waals surface area (Å²) in [7, 11) is 0. The van der Waals surface area contributed by atoms with Gasteiger partial charge in [-0.1, -0.05) is 23.2 Å². The SMILES string of the molecule is NCCCc1nccc2c(Cl)cc(Cl)cc12. The van der Waals surface area contributed by atoms with Gasteiger partial charge in [-0.3, -0.25) is 4.98 Å². The second-order valence-corrected chi connectivity index (χ2v) is 4.48. The van der Waals surface area contributed by atoms with Gasteiger partial charge in [-0.15, -0.1) is 0 Å². The van der Waals surface area contributed by atoms with Gasteiger partial charge >= 0.3 is 0 Å². The molecule has 2 aromatic rings. The van der Waals surface area contributed by atoms with Gasteiger partial charge in [0.05, 0.1) is 0 Å². The molecule has 0 radical (unpaired) electrons. The molecule has 2 nitrogen and oxygen atoms in total. The van der Waals surface area contributed by atoms with E-state index in [0.29, 0.717) is 16.6 Å². The topological polar surface area (TPSA) is 38.9 Å². The van der Waals surface area contributed by atoms with Crippen LogP contribution in [0.15, 0.2) is 24.4 Å². The number of halogens is 2. The molecule has 0 atom stereocenters. The molecule has 0 fully saturated rings. The quantitative estimate of drug-likeness (QED) is 0.912. The van der Waals surface area contributed by atoms with Crippen molar-refractivity contribution in [2.24, 2.45) is 5.73 Å². The zero-order chi connectivity index (χ0) is 11.5.